The Bertz CT molecular complexity index is 436. The van der Waals surface area contributed by atoms with Crippen LogP contribution in [-0.4, -0.2) is 24.9 Å². The summed E-state index contributed by atoms with van der Waals surface area (Å²) >= 11 is 12.2. The van der Waals surface area contributed by atoms with Crippen molar-refractivity contribution in [3.63, 3.8) is 0 Å². The number of halogens is 2. The molecule has 3 atom stereocenters. The van der Waals surface area contributed by atoms with E-state index < -0.39 is 6.10 Å². The summed E-state index contributed by atoms with van der Waals surface area (Å²) in [5.41, 5.74) is 0.630. The molecule has 5 heteroatoms. The summed E-state index contributed by atoms with van der Waals surface area (Å²) in [6.07, 6.45) is 0.337. The van der Waals surface area contributed by atoms with Gasteiger partial charge in [0.1, 0.15) is 5.75 Å². The Morgan fingerprint density at radius 3 is 2.67 bits per heavy atom. The van der Waals surface area contributed by atoms with Crippen LogP contribution in [0.3, 0.4) is 0 Å². The van der Waals surface area contributed by atoms with Crippen LogP contribution >= 0.6 is 23.2 Å². The molecule has 0 spiro atoms. The fraction of sp³-hybridized carbons (Fsp3) is 0.538. The van der Waals surface area contributed by atoms with E-state index in [1.54, 1.807) is 12.1 Å². The highest BCUT2D eigenvalue weighted by molar-refractivity contribution is 6.34. The molecule has 1 aromatic rings. The van der Waals surface area contributed by atoms with Crippen molar-refractivity contribution in [1.29, 1.82) is 0 Å². The number of rotatable bonds is 3. The zero-order valence-corrected chi connectivity index (χ0v) is 11.8. The summed E-state index contributed by atoms with van der Waals surface area (Å²) in [4.78, 5) is 0. The molecule has 1 aliphatic heterocycles. The Kier molecular flexibility index (Phi) is 4.38. The Labute approximate surface area is 117 Å². The number of ether oxygens (including phenoxy) is 2. The standard InChI is InChI=1S/C13H16Cl2O3/c1-7-3-8(6-18-7)13(16)9-4-11(15)12(17-2)5-10(9)14/h4-5,7-8,13,16H,3,6H2,1-2H3. The first-order valence-corrected chi connectivity index (χ1v) is 6.61. The zero-order chi connectivity index (χ0) is 13.3. The van der Waals surface area contributed by atoms with Gasteiger partial charge >= 0.3 is 0 Å². The van der Waals surface area contributed by atoms with Crippen LogP contribution in [0, 0.1) is 5.92 Å². The lowest BCUT2D eigenvalue weighted by atomic mass is 9.93. The first-order valence-electron chi connectivity index (χ1n) is 5.85. The lowest BCUT2D eigenvalue weighted by Gasteiger charge is -2.19. The number of aliphatic hydroxyl groups is 1. The van der Waals surface area contributed by atoms with Crippen LogP contribution in [0.25, 0.3) is 0 Å². The molecule has 100 valence electrons. The molecule has 0 aliphatic carbocycles. The molecular weight excluding hydrogens is 275 g/mol. The third-order valence-electron chi connectivity index (χ3n) is 3.27. The number of aliphatic hydroxyl groups excluding tert-OH is 1. The molecule has 2 rings (SSSR count). The maximum atomic E-state index is 10.3. The maximum absolute atomic E-state index is 10.3. The molecule has 0 bridgehead atoms. The average molecular weight is 291 g/mol. The van der Waals surface area contributed by atoms with Crippen molar-refractivity contribution in [3.05, 3.63) is 27.7 Å². The van der Waals surface area contributed by atoms with Gasteiger partial charge in [-0.15, -0.1) is 0 Å². The van der Waals surface area contributed by atoms with Crippen LogP contribution in [0.1, 0.15) is 25.0 Å². The van der Waals surface area contributed by atoms with Crippen molar-refractivity contribution in [2.75, 3.05) is 13.7 Å². The molecule has 0 saturated carbocycles. The molecule has 1 aromatic carbocycles. The van der Waals surface area contributed by atoms with Crippen LogP contribution in [-0.2, 0) is 4.74 Å². The molecule has 1 saturated heterocycles. The Morgan fingerprint density at radius 1 is 1.39 bits per heavy atom. The number of hydrogen-bond acceptors (Lipinski definition) is 3. The number of hydrogen-bond donors (Lipinski definition) is 1. The van der Waals surface area contributed by atoms with Crippen molar-refractivity contribution in [3.8, 4) is 5.75 Å². The van der Waals surface area contributed by atoms with Crippen molar-refractivity contribution < 1.29 is 14.6 Å². The fourth-order valence-corrected chi connectivity index (χ4v) is 2.77. The van der Waals surface area contributed by atoms with Crippen LogP contribution in [0.4, 0.5) is 0 Å². The lowest BCUT2D eigenvalue weighted by molar-refractivity contribution is 0.0804. The highest BCUT2D eigenvalue weighted by Gasteiger charge is 2.30. The largest absolute Gasteiger partial charge is 0.495 e. The monoisotopic (exact) mass is 290 g/mol. The highest BCUT2D eigenvalue weighted by Crippen LogP contribution is 2.39. The molecule has 1 heterocycles. The van der Waals surface area contributed by atoms with E-state index in [0.29, 0.717) is 28.0 Å². The van der Waals surface area contributed by atoms with E-state index in [-0.39, 0.29) is 12.0 Å². The van der Waals surface area contributed by atoms with Gasteiger partial charge in [-0.2, -0.15) is 0 Å². The molecule has 1 fully saturated rings. The normalized spacial score (nSPS) is 25.2. The minimum absolute atomic E-state index is 0.0574. The number of methoxy groups -OCH3 is 1. The van der Waals surface area contributed by atoms with Gasteiger partial charge in [0.25, 0.3) is 0 Å². The van der Waals surface area contributed by atoms with Gasteiger partial charge in [0.2, 0.25) is 0 Å². The molecular formula is C13H16Cl2O3. The van der Waals surface area contributed by atoms with Gasteiger partial charge in [-0.3, -0.25) is 0 Å². The van der Waals surface area contributed by atoms with Crippen LogP contribution in [0.5, 0.6) is 5.75 Å². The molecule has 3 nitrogen and oxygen atoms in total. The number of benzene rings is 1. The van der Waals surface area contributed by atoms with Crippen molar-refractivity contribution in [1.82, 2.24) is 0 Å². The molecule has 18 heavy (non-hydrogen) atoms. The molecule has 1 aliphatic rings. The summed E-state index contributed by atoms with van der Waals surface area (Å²) in [5, 5.41) is 11.3. The van der Waals surface area contributed by atoms with Gasteiger partial charge in [0.05, 0.1) is 36.0 Å². The summed E-state index contributed by atoms with van der Waals surface area (Å²) in [6.45, 7) is 2.54. The lowest BCUT2D eigenvalue weighted by Crippen LogP contribution is -2.13. The molecule has 0 aromatic heterocycles. The van der Waals surface area contributed by atoms with E-state index in [2.05, 4.69) is 0 Å². The smallest absolute Gasteiger partial charge is 0.138 e. The molecule has 0 radical (unpaired) electrons. The minimum Gasteiger partial charge on any atom is -0.495 e. The van der Waals surface area contributed by atoms with E-state index in [1.807, 2.05) is 6.92 Å². The highest BCUT2D eigenvalue weighted by atomic mass is 35.5. The fourth-order valence-electron chi connectivity index (χ4n) is 2.25. The van der Waals surface area contributed by atoms with Gasteiger partial charge < -0.3 is 14.6 Å². The minimum atomic E-state index is -0.661. The van der Waals surface area contributed by atoms with Crippen LogP contribution in [0.2, 0.25) is 10.0 Å². The second kappa shape index (κ2) is 5.66. The van der Waals surface area contributed by atoms with Gasteiger partial charge in [-0.25, -0.2) is 0 Å². The van der Waals surface area contributed by atoms with E-state index in [4.69, 9.17) is 32.7 Å². The van der Waals surface area contributed by atoms with Crippen LogP contribution < -0.4 is 4.74 Å². The van der Waals surface area contributed by atoms with Crippen LogP contribution in [0.15, 0.2) is 12.1 Å². The Hall–Kier alpha value is -0.480. The predicted molar refractivity (Wildman–Crippen MR) is 71.5 cm³/mol. The zero-order valence-electron chi connectivity index (χ0n) is 10.3. The van der Waals surface area contributed by atoms with Gasteiger partial charge in [0.15, 0.2) is 0 Å². The third-order valence-corrected chi connectivity index (χ3v) is 3.89. The average Bonchev–Trinajstić information content (AvgIpc) is 2.77. The van der Waals surface area contributed by atoms with E-state index in [0.717, 1.165) is 6.42 Å². The molecule has 1 N–H and O–H groups in total. The molecule has 0 amide bonds. The summed E-state index contributed by atoms with van der Waals surface area (Å²) in [6, 6.07) is 3.29. The second-order valence-electron chi connectivity index (χ2n) is 4.59. The maximum Gasteiger partial charge on any atom is 0.138 e. The van der Waals surface area contributed by atoms with Gasteiger partial charge in [-0.1, -0.05) is 23.2 Å². The summed E-state index contributed by atoms with van der Waals surface area (Å²) < 4.78 is 10.5. The van der Waals surface area contributed by atoms with Crippen molar-refractivity contribution in [2.45, 2.75) is 25.6 Å². The van der Waals surface area contributed by atoms with E-state index in [1.165, 1.54) is 7.11 Å². The van der Waals surface area contributed by atoms with Gasteiger partial charge in [0, 0.05) is 17.5 Å². The van der Waals surface area contributed by atoms with Crippen molar-refractivity contribution in [2.24, 2.45) is 5.92 Å². The third kappa shape index (κ3) is 2.75. The summed E-state index contributed by atoms with van der Waals surface area (Å²) in [7, 11) is 1.53. The topological polar surface area (TPSA) is 38.7 Å². The SMILES string of the molecule is COc1cc(Cl)c(C(O)C2COC(C)C2)cc1Cl. The Morgan fingerprint density at radius 2 is 2.11 bits per heavy atom. The van der Waals surface area contributed by atoms with Crippen molar-refractivity contribution >= 4 is 23.2 Å². The molecule has 3 unspecified atom stereocenters. The van der Waals surface area contributed by atoms with E-state index >= 15 is 0 Å². The Balaban J connectivity index is 2.25. The van der Waals surface area contributed by atoms with Gasteiger partial charge in [-0.05, 0) is 19.4 Å². The first-order chi connectivity index (χ1) is 8.52. The summed E-state index contributed by atoms with van der Waals surface area (Å²) in [5.74, 6) is 0.565. The van der Waals surface area contributed by atoms with E-state index in [9.17, 15) is 5.11 Å². The second-order valence-corrected chi connectivity index (χ2v) is 5.41. The predicted octanol–water partition coefficient (Wildman–Crippen LogP) is 3.46. The quantitative estimate of drug-likeness (QED) is 0.927. The first kappa shape index (κ1) is 13.9.